The van der Waals surface area contributed by atoms with Gasteiger partial charge in [-0.2, -0.15) is 0 Å². The van der Waals surface area contributed by atoms with E-state index in [2.05, 4.69) is 45.6 Å². The van der Waals surface area contributed by atoms with Gasteiger partial charge in [0, 0.05) is 38.1 Å². The van der Waals surface area contributed by atoms with Crippen LogP contribution in [0.3, 0.4) is 0 Å². The number of rotatable bonds is 4. The molecule has 25 heavy (non-hydrogen) atoms. The van der Waals surface area contributed by atoms with Gasteiger partial charge in [0.25, 0.3) is 0 Å². The number of fused-ring (bicyclic) bond motifs is 1. The summed E-state index contributed by atoms with van der Waals surface area (Å²) in [5.41, 5.74) is 3.28. The molecule has 7 nitrogen and oxygen atoms in total. The molecule has 4 heterocycles. The summed E-state index contributed by atoms with van der Waals surface area (Å²) in [5, 5.41) is 8.25. The number of nitrogens with zero attached hydrogens (tertiary/aromatic N) is 6. The van der Waals surface area contributed by atoms with Crippen LogP contribution >= 0.6 is 24.0 Å². The number of aromatic nitrogens is 5. The van der Waals surface area contributed by atoms with Gasteiger partial charge in [-0.1, -0.05) is 6.07 Å². The van der Waals surface area contributed by atoms with Crippen molar-refractivity contribution < 1.29 is 4.74 Å². The minimum Gasteiger partial charge on any atom is -0.368 e. The summed E-state index contributed by atoms with van der Waals surface area (Å²) in [6, 6.07) is 6.19. The first-order chi connectivity index (χ1) is 11.7. The van der Waals surface area contributed by atoms with Crippen molar-refractivity contribution in [1.29, 1.82) is 0 Å². The van der Waals surface area contributed by atoms with E-state index in [1.165, 1.54) is 5.69 Å². The van der Waals surface area contributed by atoms with E-state index in [-0.39, 0.29) is 30.1 Å². The fourth-order valence-corrected chi connectivity index (χ4v) is 3.26. The van der Waals surface area contributed by atoms with Gasteiger partial charge in [0.1, 0.15) is 18.1 Å². The Kier molecular flexibility index (Phi) is 5.70. The van der Waals surface area contributed by atoms with Crippen LogP contribution in [0.25, 0.3) is 5.65 Å². The minimum atomic E-state index is -0.0278. The molecule has 1 aliphatic rings. The zero-order valence-corrected chi connectivity index (χ0v) is 16.8. The molecular formula is C17H23IN6O. The molecule has 0 N–H and O–H groups in total. The van der Waals surface area contributed by atoms with Gasteiger partial charge in [-0.3, -0.25) is 4.90 Å². The standard InChI is InChI=1S/C17H22N6O.HI/c1-3-22-12-18-20-17(22)15-11-21(7-8-24-15)9-14-10-23-13(2)5-4-6-16(23)19-14;/h4-6,10,12,15H,3,7-9,11H2,1-2H3;1H. The number of aryl methyl sites for hydroxylation is 2. The Morgan fingerprint density at radius 1 is 1.32 bits per heavy atom. The van der Waals surface area contributed by atoms with Crippen molar-refractivity contribution in [2.75, 3.05) is 19.7 Å². The molecule has 3 aromatic heterocycles. The van der Waals surface area contributed by atoms with Crippen molar-refractivity contribution >= 4 is 29.6 Å². The van der Waals surface area contributed by atoms with E-state index in [9.17, 15) is 0 Å². The van der Waals surface area contributed by atoms with Crippen LogP contribution in [-0.2, 0) is 17.8 Å². The Labute approximate surface area is 164 Å². The number of pyridine rings is 1. The monoisotopic (exact) mass is 454 g/mol. The predicted octanol–water partition coefficient (Wildman–Crippen LogP) is 2.45. The highest BCUT2D eigenvalue weighted by atomic mass is 127. The molecule has 0 aliphatic carbocycles. The highest BCUT2D eigenvalue weighted by Crippen LogP contribution is 2.22. The van der Waals surface area contributed by atoms with E-state index in [1.807, 2.05) is 16.7 Å². The third-order valence-corrected chi connectivity index (χ3v) is 4.56. The van der Waals surface area contributed by atoms with E-state index < -0.39 is 0 Å². The summed E-state index contributed by atoms with van der Waals surface area (Å²) in [6.07, 6.45) is 3.87. The molecular weight excluding hydrogens is 431 g/mol. The van der Waals surface area contributed by atoms with Crippen LogP contribution in [-0.4, -0.2) is 48.7 Å². The molecule has 1 fully saturated rings. The van der Waals surface area contributed by atoms with Gasteiger partial charge >= 0.3 is 0 Å². The van der Waals surface area contributed by atoms with Gasteiger partial charge in [-0.05, 0) is 26.0 Å². The quantitative estimate of drug-likeness (QED) is 0.567. The van der Waals surface area contributed by atoms with Gasteiger partial charge < -0.3 is 13.7 Å². The maximum absolute atomic E-state index is 5.92. The molecule has 4 rings (SSSR count). The molecule has 0 aromatic carbocycles. The molecule has 0 radical (unpaired) electrons. The Morgan fingerprint density at radius 2 is 2.20 bits per heavy atom. The number of hydrogen-bond donors (Lipinski definition) is 0. The highest BCUT2D eigenvalue weighted by Gasteiger charge is 2.26. The van der Waals surface area contributed by atoms with Gasteiger partial charge in [-0.25, -0.2) is 4.98 Å². The van der Waals surface area contributed by atoms with Crippen molar-refractivity contribution in [1.82, 2.24) is 29.0 Å². The average Bonchev–Trinajstić information content (AvgIpc) is 3.22. The third-order valence-electron chi connectivity index (χ3n) is 4.56. The molecule has 3 aromatic rings. The lowest BCUT2D eigenvalue weighted by Gasteiger charge is -2.31. The van der Waals surface area contributed by atoms with Gasteiger partial charge in [0.15, 0.2) is 5.82 Å². The molecule has 134 valence electrons. The molecule has 8 heteroatoms. The van der Waals surface area contributed by atoms with Crippen molar-refractivity contribution in [3.63, 3.8) is 0 Å². The minimum absolute atomic E-state index is 0. The van der Waals surface area contributed by atoms with Gasteiger partial charge in [0.05, 0.1) is 12.3 Å². The summed E-state index contributed by atoms with van der Waals surface area (Å²) in [7, 11) is 0. The van der Waals surface area contributed by atoms with Crippen LogP contribution in [0.15, 0.2) is 30.7 Å². The molecule has 0 saturated carbocycles. The molecule has 1 saturated heterocycles. The lowest BCUT2D eigenvalue weighted by atomic mass is 10.2. The number of halogens is 1. The molecule has 0 bridgehead atoms. The van der Waals surface area contributed by atoms with E-state index in [4.69, 9.17) is 9.72 Å². The summed E-state index contributed by atoms with van der Waals surface area (Å²) >= 11 is 0. The Balaban J connectivity index is 0.00000182. The van der Waals surface area contributed by atoms with E-state index in [0.717, 1.165) is 43.3 Å². The van der Waals surface area contributed by atoms with Crippen LogP contribution in [0.1, 0.15) is 30.2 Å². The molecule has 0 spiro atoms. The average molecular weight is 454 g/mol. The topological polar surface area (TPSA) is 60.5 Å². The van der Waals surface area contributed by atoms with Crippen LogP contribution in [0.4, 0.5) is 0 Å². The number of imidazole rings is 1. The second kappa shape index (κ2) is 7.79. The Morgan fingerprint density at radius 3 is 3.00 bits per heavy atom. The first kappa shape index (κ1) is 18.3. The highest BCUT2D eigenvalue weighted by molar-refractivity contribution is 14.0. The summed E-state index contributed by atoms with van der Waals surface area (Å²) in [5.74, 6) is 0.910. The smallest absolute Gasteiger partial charge is 0.163 e. The maximum Gasteiger partial charge on any atom is 0.163 e. The SMILES string of the molecule is CCn1cnnc1C1CN(Cc2cn3c(C)cccc3n2)CCO1.I. The molecule has 1 unspecified atom stereocenters. The number of hydrogen-bond acceptors (Lipinski definition) is 5. The van der Waals surface area contributed by atoms with Crippen LogP contribution in [0, 0.1) is 6.92 Å². The van der Waals surface area contributed by atoms with Crippen molar-refractivity contribution in [2.45, 2.75) is 33.0 Å². The first-order valence-electron chi connectivity index (χ1n) is 8.40. The van der Waals surface area contributed by atoms with Crippen LogP contribution in [0.5, 0.6) is 0 Å². The maximum atomic E-state index is 5.92. The fraction of sp³-hybridized carbons (Fsp3) is 0.471. The van der Waals surface area contributed by atoms with E-state index in [1.54, 1.807) is 6.33 Å². The van der Waals surface area contributed by atoms with Gasteiger partial charge in [0.2, 0.25) is 0 Å². The molecule has 1 atom stereocenters. The van der Waals surface area contributed by atoms with Crippen molar-refractivity contribution in [3.05, 3.63) is 47.9 Å². The molecule has 0 amide bonds. The van der Waals surface area contributed by atoms with E-state index in [0.29, 0.717) is 6.61 Å². The normalized spacial score (nSPS) is 18.4. The Bertz CT molecular complexity index is 845. The van der Waals surface area contributed by atoms with Gasteiger partial charge in [-0.15, -0.1) is 34.2 Å². The predicted molar refractivity (Wildman–Crippen MR) is 105 cm³/mol. The zero-order chi connectivity index (χ0) is 16.5. The van der Waals surface area contributed by atoms with Crippen molar-refractivity contribution in [2.24, 2.45) is 0 Å². The summed E-state index contributed by atoms with van der Waals surface area (Å²) in [4.78, 5) is 7.11. The fourth-order valence-electron chi connectivity index (χ4n) is 3.26. The first-order valence-corrected chi connectivity index (χ1v) is 8.40. The molecule has 1 aliphatic heterocycles. The summed E-state index contributed by atoms with van der Waals surface area (Å²) < 4.78 is 10.1. The number of morpholine rings is 1. The number of ether oxygens (including phenoxy) is 1. The van der Waals surface area contributed by atoms with E-state index >= 15 is 0 Å². The third kappa shape index (κ3) is 3.70. The zero-order valence-electron chi connectivity index (χ0n) is 14.5. The largest absolute Gasteiger partial charge is 0.368 e. The summed E-state index contributed by atoms with van der Waals surface area (Å²) in [6.45, 7) is 8.28. The Hall–Kier alpha value is -1.52. The lowest BCUT2D eigenvalue weighted by Crippen LogP contribution is -2.38. The van der Waals surface area contributed by atoms with Crippen molar-refractivity contribution in [3.8, 4) is 0 Å². The van der Waals surface area contributed by atoms with Crippen LogP contribution < -0.4 is 0 Å². The lowest BCUT2D eigenvalue weighted by molar-refractivity contribution is -0.0391. The second-order valence-electron chi connectivity index (χ2n) is 6.20. The van der Waals surface area contributed by atoms with Crippen LogP contribution in [0.2, 0.25) is 0 Å². The second-order valence-corrected chi connectivity index (χ2v) is 6.20.